The number of rotatable bonds is 5. The van der Waals surface area contributed by atoms with E-state index < -0.39 is 30.7 Å². The van der Waals surface area contributed by atoms with Crippen LogP contribution in [0.2, 0.25) is 0 Å². The summed E-state index contributed by atoms with van der Waals surface area (Å²) in [5.74, 6) is -0.497. The molecule has 0 atom stereocenters. The number of carbonyl (C=O) groups is 1. The second kappa shape index (κ2) is 5.49. The summed E-state index contributed by atoms with van der Waals surface area (Å²) in [4.78, 5) is 12.6. The third-order valence-electron chi connectivity index (χ3n) is 2.27. The Morgan fingerprint density at radius 1 is 1.38 bits per heavy atom. The summed E-state index contributed by atoms with van der Waals surface area (Å²) in [7, 11) is 1.44. The van der Waals surface area contributed by atoms with Crippen molar-refractivity contribution in [1.82, 2.24) is 10.2 Å². The fourth-order valence-electron chi connectivity index (χ4n) is 0.873. The zero-order valence-corrected chi connectivity index (χ0v) is 9.56. The highest BCUT2D eigenvalue weighted by Crippen LogP contribution is 2.13. The summed E-state index contributed by atoms with van der Waals surface area (Å²) in [5.41, 5.74) is -0.781. The Bertz CT molecular complexity index is 241. The molecule has 0 aromatic rings. The lowest BCUT2D eigenvalue weighted by Gasteiger charge is -2.34. The number of amides is 1. The summed E-state index contributed by atoms with van der Waals surface area (Å²) in [6.45, 7) is 1.38. The van der Waals surface area contributed by atoms with E-state index in [9.17, 15) is 18.0 Å². The summed E-state index contributed by atoms with van der Waals surface area (Å²) >= 11 is 0. The zero-order chi connectivity index (χ0) is 13.0. The van der Waals surface area contributed by atoms with Crippen molar-refractivity contribution >= 4 is 5.91 Å². The van der Waals surface area contributed by atoms with E-state index in [2.05, 4.69) is 0 Å². The quantitative estimate of drug-likeness (QED) is 0.732. The Morgan fingerprint density at radius 3 is 2.25 bits per heavy atom. The Kier molecular flexibility index (Phi) is 5.21. The molecule has 0 aromatic carbocycles. The SMILES string of the molecule is CN(C(=O)CNCC(F)(F)F)C(C)(C)CO. The van der Waals surface area contributed by atoms with Crippen LogP contribution < -0.4 is 5.32 Å². The summed E-state index contributed by atoms with van der Waals surface area (Å²) < 4.78 is 35.3. The van der Waals surface area contributed by atoms with Crippen molar-refractivity contribution in [3.8, 4) is 0 Å². The van der Waals surface area contributed by atoms with Crippen LogP contribution >= 0.6 is 0 Å². The monoisotopic (exact) mass is 242 g/mol. The summed E-state index contributed by atoms with van der Waals surface area (Å²) in [6.07, 6.45) is -4.33. The second-order valence-electron chi connectivity index (χ2n) is 4.14. The molecule has 0 aromatic heterocycles. The maximum absolute atomic E-state index is 11.8. The molecule has 96 valence electrons. The predicted molar refractivity (Wildman–Crippen MR) is 52.9 cm³/mol. The van der Waals surface area contributed by atoms with Crippen LogP contribution in [-0.2, 0) is 4.79 Å². The highest BCUT2D eigenvalue weighted by Gasteiger charge is 2.29. The van der Waals surface area contributed by atoms with E-state index in [1.165, 1.54) is 11.9 Å². The number of aliphatic hydroxyl groups is 1. The molecule has 0 rings (SSSR count). The normalized spacial score (nSPS) is 12.7. The van der Waals surface area contributed by atoms with Crippen molar-refractivity contribution in [3.05, 3.63) is 0 Å². The molecule has 0 aliphatic heterocycles. The molecule has 16 heavy (non-hydrogen) atoms. The highest BCUT2D eigenvalue weighted by atomic mass is 19.4. The molecule has 0 unspecified atom stereocenters. The van der Waals surface area contributed by atoms with Crippen LogP contribution in [0.3, 0.4) is 0 Å². The van der Waals surface area contributed by atoms with E-state index in [0.29, 0.717) is 0 Å². The van der Waals surface area contributed by atoms with Gasteiger partial charge in [0.2, 0.25) is 5.91 Å². The van der Waals surface area contributed by atoms with E-state index in [1.54, 1.807) is 13.8 Å². The first kappa shape index (κ1) is 15.2. The number of alkyl halides is 3. The van der Waals surface area contributed by atoms with Gasteiger partial charge in [-0.05, 0) is 13.8 Å². The van der Waals surface area contributed by atoms with Gasteiger partial charge in [0.15, 0.2) is 0 Å². The van der Waals surface area contributed by atoms with Crippen LogP contribution in [0.1, 0.15) is 13.8 Å². The van der Waals surface area contributed by atoms with Gasteiger partial charge < -0.3 is 15.3 Å². The molecular weight excluding hydrogens is 225 g/mol. The maximum atomic E-state index is 11.8. The van der Waals surface area contributed by atoms with Gasteiger partial charge in [0.25, 0.3) is 0 Å². The van der Waals surface area contributed by atoms with E-state index in [-0.39, 0.29) is 6.61 Å². The highest BCUT2D eigenvalue weighted by molar-refractivity contribution is 5.78. The number of likely N-dealkylation sites (N-methyl/N-ethyl adjacent to an activating group) is 1. The van der Waals surface area contributed by atoms with Crippen molar-refractivity contribution in [2.24, 2.45) is 0 Å². The second-order valence-corrected chi connectivity index (χ2v) is 4.14. The number of nitrogens with zero attached hydrogens (tertiary/aromatic N) is 1. The summed E-state index contributed by atoms with van der Waals surface area (Å²) in [5, 5.41) is 11.0. The third-order valence-corrected chi connectivity index (χ3v) is 2.27. The molecule has 0 saturated heterocycles. The third kappa shape index (κ3) is 5.32. The van der Waals surface area contributed by atoms with Crippen LogP contribution in [0, 0.1) is 0 Å². The molecule has 0 radical (unpaired) electrons. The number of nitrogens with one attached hydrogen (secondary N) is 1. The molecule has 0 bridgehead atoms. The van der Waals surface area contributed by atoms with Gasteiger partial charge in [-0.25, -0.2) is 0 Å². The fraction of sp³-hybridized carbons (Fsp3) is 0.889. The van der Waals surface area contributed by atoms with E-state index in [1.807, 2.05) is 5.32 Å². The molecule has 0 aliphatic rings. The van der Waals surface area contributed by atoms with Gasteiger partial charge in [-0.3, -0.25) is 4.79 Å². The number of aliphatic hydroxyl groups excluding tert-OH is 1. The molecule has 0 spiro atoms. The smallest absolute Gasteiger partial charge is 0.394 e. The van der Waals surface area contributed by atoms with Crippen molar-refractivity contribution < 1.29 is 23.1 Å². The Labute approximate surface area is 92.4 Å². The lowest BCUT2D eigenvalue weighted by molar-refractivity contribution is -0.138. The molecule has 7 heteroatoms. The van der Waals surface area contributed by atoms with E-state index in [4.69, 9.17) is 5.11 Å². The average molecular weight is 242 g/mol. The first-order chi connectivity index (χ1) is 7.10. The molecule has 1 amide bonds. The van der Waals surface area contributed by atoms with Crippen molar-refractivity contribution in [2.75, 3.05) is 26.7 Å². The molecule has 2 N–H and O–H groups in total. The van der Waals surface area contributed by atoms with E-state index >= 15 is 0 Å². The van der Waals surface area contributed by atoms with Crippen molar-refractivity contribution in [1.29, 1.82) is 0 Å². The standard InChI is InChI=1S/C9H17F3N2O2/c1-8(2,6-15)14(3)7(16)4-13-5-9(10,11)12/h13,15H,4-6H2,1-3H3. The van der Waals surface area contributed by atoms with Gasteiger partial charge in [0, 0.05) is 7.05 Å². The molecule has 4 nitrogen and oxygen atoms in total. The van der Waals surface area contributed by atoms with Crippen LogP contribution in [0.5, 0.6) is 0 Å². The van der Waals surface area contributed by atoms with Crippen LogP contribution in [-0.4, -0.2) is 54.4 Å². The van der Waals surface area contributed by atoms with Gasteiger partial charge in [0.1, 0.15) is 0 Å². The molecule has 0 heterocycles. The van der Waals surface area contributed by atoms with Gasteiger partial charge in [0.05, 0.1) is 25.2 Å². The lowest BCUT2D eigenvalue weighted by Crippen LogP contribution is -2.51. The minimum atomic E-state index is -4.33. The number of carbonyl (C=O) groups excluding carboxylic acids is 1. The van der Waals surface area contributed by atoms with Crippen LogP contribution in [0.15, 0.2) is 0 Å². The van der Waals surface area contributed by atoms with Crippen molar-refractivity contribution in [2.45, 2.75) is 25.6 Å². The minimum Gasteiger partial charge on any atom is -0.394 e. The average Bonchev–Trinajstić information content (AvgIpc) is 2.14. The van der Waals surface area contributed by atoms with E-state index in [0.717, 1.165) is 0 Å². The first-order valence-corrected chi connectivity index (χ1v) is 4.75. The molecule has 0 fully saturated rings. The van der Waals surface area contributed by atoms with Gasteiger partial charge in [-0.2, -0.15) is 13.2 Å². The van der Waals surface area contributed by atoms with Crippen LogP contribution in [0.25, 0.3) is 0 Å². The maximum Gasteiger partial charge on any atom is 0.401 e. The molecular formula is C9H17F3N2O2. The number of halogens is 3. The number of hydrogen-bond donors (Lipinski definition) is 2. The minimum absolute atomic E-state index is 0.255. The lowest BCUT2D eigenvalue weighted by atomic mass is 10.1. The largest absolute Gasteiger partial charge is 0.401 e. The Balaban J connectivity index is 4.08. The topological polar surface area (TPSA) is 52.6 Å². The van der Waals surface area contributed by atoms with Crippen LogP contribution in [0.4, 0.5) is 13.2 Å². The summed E-state index contributed by atoms with van der Waals surface area (Å²) in [6, 6.07) is 0. The van der Waals surface area contributed by atoms with Gasteiger partial charge in [-0.15, -0.1) is 0 Å². The molecule has 0 aliphatic carbocycles. The van der Waals surface area contributed by atoms with Gasteiger partial charge >= 0.3 is 6.18 Å². The fourth-order valence-corrected chi connectivity index (χ4v) is 0.873. The Morgan fingerprint density at radius 2 is 1.88 bits per heavy atom. The van der Waals surface area contributed by atoms with Crippen molar-refractivity contribution in [3.63, 3.8) is 0 Å². The predicted octanol–water partition coefficient (Wildman–Crippen LogP) is 0.368. The zero-order valence-electron chi connectivity index (χ0n) is 9.56. The number of hydrogen-bond acceptors (Lipinski definition) is 3. The van der Waals surface area contributed by atoms with Gasteiger partial charge in [-0.1, -0.05) is 0 Å². The molecule has 0 saturated carbocycles. The first-order valence-electron chi connectivity index (χ1n) is 4.75. The Hall–Kier alpha value is -0.820.